The number of aliphatic hydroxyl groups is 4. The maximum absolute atomic E-state index is 14.0. The number of carbonyl (C=O) groups excluding carboxylic acids is 3. The fourth-order valence-electron chi connectivity index (χ4n) is 4.93. The fourth-order valence-corrected chi connectivity index (χ4v) is 4.93. The molecule has 3 amide bonds. The number of anilines is 3. The highest BCUT2D eigenvalue weighted by Gasteiger charge is 2.52. The molecule has 0 unspecified atom stereocenters. The molecule has 1 aliphatic rings. The number of aromatic nitrogens is 3. The van der Waals surface area contributed by atoms with E-state index < -0.39 is 41.4 Å². The number of benzene rings is 2. The van der Waals surface area contributed by atoms with Gasteiger partial charge in [-0.25, -0.2) is 0 Å². The van der Waals surface area contributed by atoms with Crippen LogP contribution in [0.5, 0.6) is 0 Å². The third-order valence-corrected chi connectivity index (χ3v) is 7.39. The van der Waals surface area contributed by atoms with Gasteiger partial charge in [0, 0.05) is 48.6 Å². The van der Waals surface area contributed by atoms with Crippen LogP contribution >= 0.6 is 0 Å². The van der Waals surface area contributed by atoms with Crippen molar-refractivity contribution in [3.8, 4) is 0 Å². The van der Waals surface area contributed by atoms with Crippen LogP contribution in [-0.4, -0.2) is 72.0 Å². The first-order valence-electron chi connectivity index (χ1n) is 14.4. The minimum atomic E-state index is -1.98. The van der Waals surface area contributed by atoms with Gasteiger partial charge in [-0.15, -0.1) is 5.10 Å². The number of nitrogens with one attached hydrogen (secondary N) is 2. The molecule has 1 aliphatic heterocycles. The molecule has 3 aromatic rings. The van der Waals surface area contributed by atoms with Gasteiger partial charge < -0.3 is 36.0 Å². The lowest BCUT2D eigenvalue weighted by molar-refractivity contribution is -0.139. The molecule has 0 aliphatic carbocycles. The van der Waals surface area contributed by atoms with Crippen molar-refractivity contribution < 1.29 is 34.8 Å². The Balaban J connectivity index is 1.60. The summed E-state index contributed by atoms with van der Waals surface area (Å²) in [5.74, 6) is -2.44. The highest BCUT2D eigenvalue weighted by Crippen LogP contribution is 2.47. The Morgan fingerprint density at radius 3 is 2.36 bits per heavy atom. The summed E-state index contributed by atoms with van der Waals surface area (Å²) < 4.78 is 1.65. The molecule has 0 saturated carbocycles. The summed E-state index contributed by atoms with van der Waals surface area (Å²) in [4.78, 5) is 39.6. The number of aryl methyl sites for hydroxylation is 1. The van der Waals surface area contributed by atoms with E-state index in [1.54, 1.807) is 60.3 Å². The molecule has 13 nitrogen and oxygen atoms in total. The fraction of sp³-hybridized carbons (Fsp3) is 0.387. The largest absolute Gasteiger partial charge is 0.396 e. The normalized spacial score (nSPS) is 18.2. The summed E-state index contributed by atoms with van der Waals surface area (Å²) in [5.41, 5.74) is 0.876. The van der Waals surface area contributed by atoms with Gasteiger partial charge >= 0.3 is 0 Å². The number of rotatable bonds is 13. The van der Waals surface area contributed by atoms with Crippen LogP contribution in [0, 0.1) is 5.92 Å². The van der Waals surface area contributed by atoms with Crippen LogP contribution in [0.15, 0.2) is 60.8 Å². The maximum atomic E-state index is 14.0. The van der Waals surface area contributed by atoms with Crippen LogP contribution in [-0.2, 0) is 39.5 Å². The second kappa shape index (κ2) is 13.9. The van der Waals surface area contributed by atoms with Gasteiger partial charge in [0.05, 0.1) is 17.9 Å². The molecule has 6 N–H and O–H groups in total. The van der Waals surface area contributed by atoms with E-state index in [9.17, 15) is 29.7 Å². The van der Waals surface area contributed by atoms with Crippen LogP contribution in [0.1, 0.15) is 44.0 Å². The Morgan fingerprint density at radius 1 is 1.02 bits per heavy atom. The lowest BCUT2D eigenvalue weighted by atomic mass is 9.82. The van der Waals surface area contributed by atoms with Crippen LogP contribution in [0.2, 0.25) is 0 Å². The average molecular weight is 607 g/mol. The lowest BCUT2D eigenvalue weighted by Gasteiger charge is -2.28. The zero-order chi connectivity index (χ0) is 32.0. The van der Waals surface area contributed by atoms with Gasteiger partial charge in [0.2, 0.25) is 0 Å². The van der Waals surface area contributed by atoms with Gasteiger partial charge in [-0.2, -0.15) is 0 Å². The van der Waals surface area contributed by atoms with Gasteiger partial charge in [-0.3, -0.25) is 19.1 Å². The third kappa shape index (κ3) is 7.19. The summed E-state index contributed by atoms with van der Waals surface area (Å²) in [6.07, 6.45) is 3.86. The first kappa shape index (κ1) is 32.5. The van der Waals surface area contributed by atoms with E-state index in [0.717, 1.165) is 0 Å². The smallest absolute Gasteiger partial charge is 0.264 e. The monoisotopic (exact) mass is 606 g/mol. The van der Waals surface area contributed by atoms with Crippen molar-refractivity contribution in [1.29, 1.82) is 0 Å². The topological polar surface area (TPSA) is 190 Å². The molecule has 4 rings (SSSR count). The quantitative estimate of drug-likeness (QED) is 0.157. The Bertz CT molecular complexity index is 1540. The summed E-state index contributed by atoms with van der Waals surface area (Å²) in [6, 6.07) is 11.6. The van der Waals surface area contributed by atoms with Crippen LogP contribution in [0.4, 0.5) is 17.1 Å². The van der Waals surface area contributed by atoms with E-state index in [-0.39, 0.29) is 13.2 Å². The molecule has 2 aromatic carbocycles. The van der Waals surface area contributed by atoms with Gasteiger partial charge in [0.1, 0.15) is 12.2 Å². The SMILES string of the molecule is C[C@H](O)C(=O)Nc1cccc(CN2C(=O)[C@@](O)([C@@H](C)/C=C/CCn3cc(CCO)nn3)c3cc(NC(=O)[C@H](C)O)ccc32)c1. The summed E-state index contributed by atoms with van der Waals surface area (Å²) in [5, 5.41) is 53.6. The number of amides is 3. The van der Waals surface area contributed by atoms with Crippen LogP contribution < -0.4 is 15.5 Å². The van der Waals surface area contributed by atoms with Gasteiger partial charge in [-0.1, -0.05) is 36.4 Å². The van der Waals surface area contributed by atoms with E-state index in [4.69, 9.17) is 5.11 Å². The molecular weight excluding hydrogens is 568 g/mol. The zero-order valence-corrected chi connectivity index (χ0v) is 24.8. The summed E-state index contributed by atoms with van der Waals surface area (Å²) >= 11 is 0. The molecule has 0 saturated heterocycles. The summed E-state index contributed by atoms with van der Waals surface area (Å²) in [6.45, 7) is 4.98. The van der Waals surface area contributed by atoms with Crippen LogP contribution in [0.3, 0.4) is 0 Å². The number of carbonyl (C=O) groups is 3. The first-order valence-corrected chi connectivity index (χ1v) is 14.4. The standard InChI is InChI=1S/C31H38N6O7/c1-19(7-4-5-13-36-18-25(12-14-38)34-35-36)31(44)26-16-24(33-29(42)21(3)40)10-11-27(26)37(30(31)43)17-22-8-6-9-23(15-22)32-28(41)20(2)39/h4,6-11,15-16,18-21,38-40,44H,5,12-14,17H2,1-3H3,(H,32,41)(H,33,42)/b7-4+/t19-,20-,21-,31+/m0/s1. The zero-order valence-electron chi connectivity index (χ0n) is 24.8. The molecular formula is C31H38N6O7. The van der Waals surface area contributed by atoms with E-state index in [2.05, 4.69) is 20.9 Å². The molecule has 1 aromatic heterocycles. The van der Waals surface area contributed by atoms with Crippen molar-refractivity contribution in [2.24, 2.45) is 5.92 Å². The Labute approximate surface area is 254 Å². The third-order valence-electron chi connectivity index (χ3n) is 7.39. The Hall–Kier alpha value is -4.43. The van der Waals surface area contributed by atoms with E-state index in [1.165, 1.54) is 24.8 Å². The van der Waals surface area contributed by atoms with Crippen molar-refractivity contribution >= 4 is 34.8 Å². The number of fused-ring (bicyclic) bond motifs is 1. The molecule has 234 valence electrons. The van der Waals surface area contributed by atoms with Crippen molar-refractivity contribution in [1.82, 2.24) is 15.0 Å². The van der Waals surface area contributed by atoms with Crippen LogP contribution in [0.25, 0.3) is 0 Å². The number of nitrogens with zero attached hydrogens (tertiary/aromatic N) is 4. The molecule has 0 fully saturated rings. The minimum absolute atomic E-state index is 0.0172. The molecule has 0 spiro atoms. The maximum Gasteiger partial charge on any atom is 0.264 e. The van der Waals surface area contributed by atoms with E-state index in [1.807, 2.05) is 6.08 Å². The van der Waals surface area contributed by atoms with Crippen molar-refractivity contribution in [3.05, 3.63) is 77.6 Å². The molecule has 0 radical (unpaired) electrons. The highest BCUT2D eigenvalue weighted by atomic mass is 16.3. The van der Waals surface area contributed by atoms with Gasteiger partial charge in [-0.05, 0) is 56.2 Å². The van der Waals surface area contributed by atoms with E-state index in [0.29, 0.717) is 53.3 Å². The number of hydrogen-bond acceptors (Lipinski definition) is 9. The predicted octanol–water partition coefficient (Wildman–Crippen LogP) is 1.47. The molecule has 2 heterocycles. The van der Waals surface area contributed by atoms with Gasteiger partial charge in [0.15, 0.2) is 5.60 Å². The molecule has 4 atom stereocenters. The van der Waals surface area contributed by atoms with Crippen molar-refractivity contribution in [2.75, 3.05) is 22.1 Å². The van der Waals surface area contributed by atoms with Crippen molar-refractivity contribution in [3.63, 3.8) is 0 Å². The predicted molar refractivity (Wildman–Crippen MR) is 162 cm³/mol. The Morgan fingerprint density at radius 2 is 1.70 bits per heavy atom. The second-order valence-electron chi connectivity index (χ2n) is 10.9. The second-order valence-corrected chi connectivity index (χ2v) is 10.9. The average Bonchev–Trinajstić information content (AvgIpc) is 3.52. The van der Waals surface area contributed by atoms with E-state index >= 15 is 0 Å². The minimum Gasteiger partial charge on any atom is -0.396 e. The summed E-state index contributed by atoms with van der Waals surface area (Å²) in [7, 11) is 0. The molecule has 13 heteroatoms. The molecule has 44 heavy (non-hydrogen) atoms. The Kier molecular flexibility index (Phi) is 10.3. The highest BCUT2D eigenvalue weighted by molar-refractivity contribution is 6.08. The number of aliphatic hydroxyl groups excluding tert-OH is 3. The number of allylic oxidation sites excluding steroid dienone is 1. The van der Waals surface area contributed by atoms with Crippen molar-refractivity contribution in [2.45, 2.75) is 64.5 Å². The molecule has 0 bridgehead atoms. The number of hydrogen-bond donors (Lipinski definition) is 6. The van der Waals surface area contributed by atoms with Gasteiger partial charge in [0.25, 0.3) is 17.7 Å². The first-order chi connectivity index (χ1) is 20.9. The lowest BCUT2D eigenvalue weighted by Crippen LogP contribution is -2.44.